The lowest BCUT2D eigenvalue weighted by atomic mass is 10.1. The molecule has 21 heavy (non-hydrogen) atoms. The van der Waals surface area contributed by atoms with E-state index in [1.807, 2.05) is 0 Å². The molecule has 1 aliphatic rings. The molecule has 1 fully saturated rings. The van der Waals surface area contributed by atoms with E-state index in [1.165, 1.54) is 21.9 Å². The van der Waals surface area contributed by atoms with E-state index in [4.69, 9.17) is 5.73 Å². The number of hydrogen-bond acceptors (Lipinski definition) is 3. The Morgan fingerprint density at radius 1 is 1.29 bits per heavy atom. The van der Waals surface area contributed by atoms with Crippen molar-refractivity contribution in [3.05, 3.63) is 35.1 Å². The predicted molar refractivity (Wildman–Crippen MR) is 75.4 cm³/mol. The first-order valence-electron chi connectivity index (χ1n) is 6.54. The Morgan fingerprint density at radius 3 is 2.76 bits per heavy atom. The SMILES string of the molecule is CN1CCN(Cc2ccc(F)cc2C#CCN)C(=O)C1=O. The average molecular weight is 289 g/mol. The Labute approximate surface area is 122 Å². The van der Waals surface area contributed by atoms with Gasteiger partial charge >= 0.3 is 11.8 Å². The molecule has 1 aromatic rings. The highest BCUT2D eigenvalue weighted by molar-refractivity contribution is 6.35. The Hall–Kier alpha value is -2.39. The average Bonchev–Trinajstić information content (AvgIpc) is 2.47. The van der Waals surface area contributed by atoms with Gasteiger partial charge in [-0.2, -0.15) is 0 Å². The molecule has 110 valence electrons. The van der Waals surface area contributed by atoms with Gasteiger partial charge in [0, 0.05) is 32.2 Å². The molecule has 0 radical (unpaired) electrons. The first kappa shape index (κ1) is 15.0. The predicted octanol–water partition coefficient (Wildman–Crippen LogP) is -0.0635. The van der Waals surface area contributed by atoms with Crippen molar-refractivity contribution >= 4 is 11.8 Å². The molecule has 0 aliphatic carbocycles. The molecule has 0 unspecified atom stereocenters. The molecular formula is C15H16FN3O2. The van der Waals surface area contributed by atoms with E-state index in [0.717, 1.165) is 0 Å². The highest BCUT2D eigenvalue weighted by Gasteiger charge is 2.30. The zero-order valence-electron chi connectivity index (χ0n) is 11.7. The third kappa shape index (κ3) is 3.38. The Kier molecular flexibility index (Phi) is 4.55. The van der Waals surface area contributed by atoms with Crippen LogP contribution in [0.1, 0.15) is 11.1 Å². The van der Waals surface area contributed by atoms with Crippen molar-refractivity contribution in [2.75, 3.05) is 26.7 Å². The number of amides is 2. The van der Waals surface area contributed by atoms with Gasteiger partial charge in [-0.15, -0.1) is 0 Å². The molecule has 1 saturated heterocycles. The third-order valence-electron chi connectivity index (χ3n) is 3.28. The van der Waals surface area contributed by atoms with Crippen LogP contribution in [-0.4, -0.2) is 48.3 Å². The molecule has 2 amide bonds. The number of carbonyl (C=O) groups is 2. The summed E-state index contributed by atoms with van der Waals surface area (Å²) in [6.07, 6.45) is 0. The second-order valence-corrected chi connectivity index (χ2v) is 4.76. The Bertz CT molecular complexity index is 634. The highest BCUT2D eigenvalue weighted by atomic mass is 19.1. The number of nitrogens with zero attached hydrogens (tertiary/aromatic N) is 2. The van der Waals surface area contributed by atoms with Crippen molar-refractivity contribution in [3.8, 4) is 11.8 Å². The molecule has 0 spiro atoms. The second-order valence-electron chi connectivity index (χ2n) is 4.76. The monoisotopic (exact) mass is 289 g/mol. The van der Waals surface area contributed by atoms with Crippen molar-refractivity contribution in [3.63, 3.8) is 0 Å². The van der Waals surface area contributed by atoms with E-state index < -0.39 is 17.6 Å². The Morgan fingerprint density at radius 2 is 2.05 bits per heavy atom. The van der Waals surface area contributed by atoms with Crippen molar-refractivity contribution in [2.24, 2.45) is 5.73 Å². The topological polar surface area (TPSA) is 66.6 Å². The van der Waals surface area contributed by atoms with Crippen LogP contribution in [0, 0.1) is 17.7 Å². The summed E-state index contributed by atoms with van der Waals surface area (Å²) in [5.74, 6) is 3.98. The van der Waals surface area contributed by atoms with Crippen LogP contribution in [-0.2, 0) is 16.1 Å². The molecule has 0 atom stereocenters. The quantitative estimate of drug-likeness (QED) is 0.612. The number of piperazine rings is 1. The minimum atomic E-state index is -0.550. The van der Waals surface area contributed by atoms with Gasteiger partial charge in [-0.1, -0.05) is 17.9 Å². The summed E-state index contributed by atoms with van der Waals surface area (Å²) in [5.41, 5.74) is 6.51. The number of rotatable bonds is 2. The van der Waals surface area contributed by atoms with Crippen LogP contribution in [0.5, 0.6) is 0 Å². The van der Waals surface area contributed by atoms with Gasteiger partial charge in [-0.25, -0.2) is 4.39 Å². The molecule has 6 heteroatoms. The summed E-state index contributed by atoms with van der Waals surface area (Å²) in [6, 6.07) is 4.19. The zero-order chi connectivity index (χ0) is 15.4. The molecule has 2 N–H and O–H groups in total. The summed E-state index contributed by atoms with van der Waals surface area (Å²) < 4.78 is 13.3. The van der Waals surface area contributed by atoms with Crippen LogP contribution in [0.2, 0.25) is 0 Å². The number of likely N-dealkylation sites (N-methyl/N-ethyl adjacent to an activating group) is 1. The third-order valence-corrected chi connectivity index (χ3v) is 3.28. The maximum Gasteiger partial charge on any atom is 0.312 e. The smallest absolute Gasteiger partial charge is 0.312 e. The highest BCUT2D eigenvalue weighted by Crippen LogP contribution is 2.15. The van der Waals surface area contributed by atoms with Gasteiger partial charge in [0.2, 0.25) is 0 Å². The first-order valence-corrected chi connectivity index (χ1v) is 6.54. The van der Waals surface area contributed by atoms with E-state index in [1.54, 1.807) is 13.1 Å². The molecular weight excluding hydrogens is 273 g/mol. The van der Waals surface area contributed by atoms with Crippen molar-refractivity contribution in [1.29, 1.82) is 0 Å². The standard InChI is InChI=1S/C15H16FN3O2/c1-18-7-8-19(15(21)14(18)20)10-12-4-5-13(16)9-11(12)3-2-6-17/h4-5,9H,6-8,10,17H2,1H3. The summed E-state index contributed by atoms with van der Waals surface area (Å²) >= 11 is 0. The van der Waals surface area contributed by atoms with Gasteiger partial charge in [0.15, 0.2) is 0 Å². The van der Waals surface area contributed by atoms with Crippen LogP contribution in [0.15, 0.2) is 18.2 Å². The van der Waals surface area contributed by atoms with E-state index in [0.29, 0.717) is 24.2 Å². The van der Waals surface area contributed by atoms with Crippen LogP contribution in [0.25, 0.3) is 0 Å². The number of halogens is 1. The molecule has 5 nitrogen and oxygen atoms in total. The summed E-state index contributed by atoms with van der Waals surface area (Å²) in [6.45, 7) is 1.33. The van der Waals surface area contributed by atoms with E-state index in [9.17, 15) is 14.0 Å². The fourth-order valence-corrected chi connectivity index (χ4v) is 2.08. The molecule has 1 aliphatic heterocycles. The van der Waals surface area contributed by atoms with E-state index in [-0.39, 0.29) is 13.1 Å². The van der Waals surface area contributed by atoms with Gasteiger partial charge in [0.05, 0.1) is 6.54 Å². The summed E-state index contributed by atoms with van der Waals surface area (Å²) in [5, 5.41) is 0. The van der Waals surface area contributed by atoms with Crippen LogP contribution in [0.4, 0.5) is 4.39 Å². The lowest BCUT2D eigenvalue weighted by Gasteiger charge is -2.31. The number of carbonyl (C=O) groups excluding carboxylic acids is 2. The molecule has 1 aromatic carbocycles. The van der Waals surface area contributed by atoms with Crippen molar-refractivity contribution in [2.45, 2.75) is 6.54 Å². The van der Waals surface area contributed by atoms with Gasteiger partial charge < -0.3 is 15.5 Å². The van der Waals surface area contributed by atoms with Crippen molar-refractivity contribution in [1.82, 2.24) is 9.80 Å². The minimum absolute atomic E-state index is 0.169. The molecule has 0 bridgehead atoms. The zero-order valence-corrected chi connectivity index (χ0v) is 11.7. The van der Waals surface area contributed by atoms with Crippen LogP contribution in [0.3, 0.4) is 0 Å². The normalized spacial score (nSPS) is 15.0. The maximum atomic E-state index is 13.3. The van der Waals surface area contributed by atoms with Crippen LogP contribution >= 0.6 is 0 Å². The number of hydrogen-bond donors (Lipinski definition) is 1. The maximum absolute atomic E-state index is 13.3. The summed E-state index contributed by atoms with van der Waals surface area (Å²) in [7, 11) is 1.59. The summed E-state index contributed by atoms with van der Waals surface area (Å²) in [4.78, 5) is 26.4. The van der Waals surface area contributed by atoms with Crippen molar-refractivity contribution < 1.29 is 14.0 Å². The largest absolute Gasteiger partial charge is 0.336 e. The van der Waals surface area contributed by atoms with E-state index in [2.05, 4.69) is 11.8 Å². The Balaban J connectivity index is 2.23. The fraction of sp³-hybridized carbons (Fsp3) is 0.333. The molecule has 0 saturated carbocycles. The molecule has 1 heterocycles. The van der Waals surface area contributed by atoms with E-state index >= 15 is 0 Å². The fourth-order valence-electron chi connectivity index (χ4n) is 2.08. The van der Waals surface area contributed by atoms with Gasteiger partial charge in [-0.3, -0.25) is 9.59 Å². The molecule has 2 rings (SSSR count). The lowest BCUT2D eigenvalue weighted by molar-refractivity contribution is -0.155. The van der Waals surface area contributed by atoms with Crippen LogP contribution < -0.4 is 5.73 Å². The van der Waals surface area contributed by atoms with Gasteiger partial charge in [0.1, 0.15) is 5.82 Å². The lowest BCUT2D eigenvalue weighted by Crippen LogP contribution is -2.52. The van der Waals surface area contributed by atoms with Gasteiger partial charge in [-0.05, 0) is 17.7 Å². The number of benzene rings is 1. The second kappa shape index (κ2) is 6.37. The minimum Gasteiger partial charge on any atom is -0.336 e. The first-order chi connectivity index (χ1) is 10.0. The molecule has 0 aromatic heterocycles. The van der Waals surface area contributed by atoms with Gasteiger partial charge in [0.25, 0.3) is 0 Å². The number of nitrogens with two attached hydrogens (primary N) is 1.